The van der Waals surface area contributed by atoms with E-state index in [9.17, 15) is 9.59 Å². The third kappa shape index (κ3) is 5.24. The lowest BCUT2D eigenvalue weighted by molar-refractivity contribution is -0.123. The number of ether oxygens (including phenoxy) is 2. The summed E-state index contributed by atoms with van der Waals surface area (Å²) >= 11 is 0. The highest BCUT2D eigenvalue weighted by Gasteiger charge is 2.12. The number of hydrogen-bond donors (Lipinski definition) is 1. The summed E-state index contributed by atoms with van der Waals surface area (Å²) in [6, 6.07) is 15.0. The fraction of sp³-hybridized carbons (Fsp3) is 0.348. The first kappa shape index (κ1) is 21.5. The predicted molar refractivity (Wildman–Crippen MR) is 116 cm³/mol. The molecular weight excluding hydrogens is 382 g/mol. The van der Waals surface area contributed by atoms with Gasteiger partial charge in [-0.3, -0.25) is 9.59 Å². The Morgan fingerprint density at radius 1 is 1.10 bits per heavy atom. The summed E-state index contributed by atoms with van der Waals surface area (Å²) < 4.78 is 12.0. The van der Waals surface area contributed by atoms with Gasteiger partial charge in [0.15, 0.2) is 6.61 Å². The number of methoxy groups -OCH3 is 1. The highest BCUT2D eigenvalue weighted by Crippen LogP contribution is 2.18. The molecule has 3 rings (SSSR count). The second kappa shape index (κ2) is 10.0. The van der Waals surface area contributed by atoms with E-state index in [1.54, 1.807) is 13.2 Å². The van der Waals surface area contributed by atoms with Crippen LogP contribution in [0.25, 0.3) is 10.8 Å². The number of aromatic nitrogens is 2. The lowest BCUT2D eigenvalue weighted by Crippen LogP contribution is -2.31. The molecule has 2 aromatic carbocycles. The molecule has 1 aromatic heterocycles. The molecule has 7 heteroatoms. The van der Waals surface area contributed by atoms with Gasteiger partial charge in [0.2, 0.25) is 0 Å². The zero-order chi connectivity index (χ0) is 21.5. The van der Waals surface area contributed by atoms with Gasteiger partial charge < -0.3 is 14.8 Å². The van der Waals surface area contributed by atoms with Crippen molar-refractivity contribution in [1.82, 2.24) is 15.1 Å². The Morgan fingerprint density at radius 3 is 2.47 bits per heavy atom. The van der Waals surface area contributed by atoms with Crippen molar-refractivity contribution in [1.29, 1.82) is 0 Å². The van der Waals surface area contributed by atoms with E-state index in [4.69, 9.17) is 9.47 Å². The van der Waals surface area contributed by atoms with Crippen LogP contribution in [-0.2, 0) is 22.6 Å². The van der Waals surface area contributed by atoms with E-state index < -0.39 is 0 Å². The van der Waals surface area contributed by atoms with E-state index >= 15 is 0 Å². The van der Waals surface area contributed by atoms with Crippen molar-refractivity contribution in [2.45, 2.75) is 32.9 Å². The Labute approximate surface area is 175 Å². The lowest BCUT2D eigenvalue weighted by atomic mass is 10.0. The molecule has 0 aliphatic rings. The van der Waals surface area contributed by atoms with Crippen molar-refractivity contribution in [2.24, 2.45) is 0 Å². The largest absolute Gasteiger partial charge is 0.484 e. The first-order chi connectivity index (χ1) is 14.5. The van der Waals surface area contributed by atoms with E-state index in [0.29, 0.717) is 35.9 Å². The first-order valence-electron chi connectivity index (χ1n) is 9.96. The average molecular weight is 409 g/mol. The maximum atomic E-state index is 12.6. The van der Waals surface area contributed by atoms with Crippen LogP contribution in [0.5, 0.6) is 5.75 Å². The van der Waals surface area contributed by atoms with Crippen LogP contribution in [0.4, 0.5) is 0 Å². The minimum atomic E-state index is -0.261. The standard InChI is InChI=1S/C23H27N3O4/c1-16(2)17-8-10-18(11-9-17)30-15-22(27)24-14-21-19-6-4-5-7-20(19)23(28)26(25-21)12-13-29-3/h4-11,16H,12-15H2,1-3H3,(H,24,27). The van der Waals surface area contributed by atoms with E-state index in [-0.39, 0.29) is 24.6 Å². The summed E-state index contributed by atoms with van der Waals surface area (Å²) in [5, 5.41) is 8.53. The first-order valence-corrected chi connectivity index (χ1v) is 9.96. The number of nitrogens with one attached hydrogen (secondary N) is 1. The maximum absolute atomic E-state index is 12.6. The number of fused-ring (bicyclic) bond motifs is 1. The molecule has 0 atom stereocenters. The van der Waals surface area contributed by atoms with Crippen LogP contribution in [-0.4, -0.2) is 36.0 Å². The molecule has 0 radical (unpaired) electrons. The van der Waals surface area contributed by atoms with Gasteiger partial charge >= 0.3 is 0 Å². The minimum Gasteiger partial charge on any atom is -0.484 e. The van der Waals surface area contributed by atoms with E-state index in [1.807, 2.05) is 42.5 Å². The molecule has 0 bridgehead atoms. The summed E-state index contributed by atoms with van der Waals surface area (Å²) in [7, 11) is 1.57. The SMILES string of the molecule is COCCn1nc(CNC(=O)COc2ccc(C(C)C)cc2)c2ccccc2c1=O. The zero-order valence-electron chi connectivity index (χ0n) is 17.6. The van der Waals surface area contributed by atoms with Crippen LogP contribution < -0.4 is 15.6 Å². The van der Waals surface area contributed by atoms with E-state index in [0.717, 1.165) is 5.39 Å². The monoisotopic (exact) mass is 409 g/mol. The van der Waals surface area contributed by atoms with Crippen molar-refractivity contribution in [3.8, 4) is 5.75 Å². The third-order valence-electron chi connectivity index (χ3n) is 4.82. The molecule has 0 fully saturated rings. The second-order valence-electron chi connectivity index (χ2n) is 7.30. The smallest absolute Gasteiger partial charge is 0.274 e. The van der Waals surface area contributed by atoms with Gasteiger partial charge in [-0.1, -0.05) is 44.2 Å². The minimum absolute atomic E-state index is 0.0950. The Hall–Kier alpha value is -3.19. The van der Waals surface area contributed by atoms with Crippen LogP contribution in [0.1, 0.15) is 31.0 Å². The molecule has 158 valence electrons. The fourth-order valence-electron chi connectivity index (χ4n) is 3.10. The summed E-state index contributed by atoms with van der Waals surface area (Å²) in [6.45, 7) is 5.07. The van der Waals surface area contributed by atoms with Crippen LogP contribution in [0.3, 0.4) is 0 Å². The average Bonchev–Trinajstić information content (AvgIpc) is 2.77. The molecule has 30 heavy (non-hydrogen) atoms. The normalized spacial score (nSPS) is 11.1. The number of amides is 1. The molecule has 0 spiro atoms. The van der Waals surface area contributed by atoms with Gasteiger partial charge in [0.25, 0.3) is 11.5 Å². The third-order valence-corrected chi connectivity index (χ3v) is 4.82. The molecule has 7 nitrogen and oxygen atoms in total. The van der Waals surface area contributed by atoms with Crippen LogP contribution >= 0.6 is 0 Å². The summed E-state index contributed by atoms with van der Waals surface area (Å²) in [5.41, 5.74) is 1.66. The van der Waals surface area contributed by atoms with Gasteiger partial charge in [-0.25, -0.2) is 4.68 Å². The van der Waals surface area contributed by atoms with Gasteiger partial charge in [0.1, 0.15) is 5.75 Å². The molecule has 0 aliphatic carbocycles. The second-order valence-corrected chi connectivity index (χ2v) is 7.30. The van der Waals surface area contributed by atoms with E-state index in [2.05, 4.69) is 24.3 Å². The molecule has 0 unspecified atom stereocenters. The summed E-state index contributed by atoms with van der Waals surface area (Å²) in [5.74, 6) is 0.825. The fourth-order valence-corrected chi connectivity index (χ4v) is 3.10. The zero-order valence-corrected chi connectivity index (χ0v) is 17.6. The number of nitrogens with zero attached hydrogens (tertiary/aromatic N) is 2. The highest BCUT2D eigenvalue weighted by molar-refractivity contribution is 5.84. The number of benzene rings is 2. The number of rotatable bonds is 9. The molecule has 0 saturated carbocycles. The molecule has 3 aromatic rings. The molecule has 1 N–H and O–H groups in total. The molecule has 0 aliphatic heterocycles. The Bertz CT molecular complexity index is 1060. The van der Waals surface area contributed by atoms with Gasteiger partial charge in [0, 0.05) is 12.5 Å². The highest BCUT2D eigenvalue weighted by atomic mass is 16.5. The van der Waals surface area contributed by atoms with Crippen molar-refractivity contribution in [2.75, 3.05) is 20.3 Å². The Balaban J connectivity index is 1.66. The molecular formula is C23H27N3O4. The number of hydrogen-bond acceptors (Lipinski definition) is 5. The molecule has 1 heterocycles. The van der Waals surface area contributed by atoms with Crippen LogP contribution in [0, 0.1) is 0 Å². The van der Waals surface area contributed by atoms with Crippen molar-refractivity contribution >= 4 is 16.7 Å². The van der Waals surface area contributed by atoms with Gasteiger partial charge in [-0.2, -0.15) is 5.10 Å². The molecule has 1 amide bonds. The van der Waals surface area contributed by atoms with Crippen molar-refractivity contribution in [3.05, 3.63) is 70.1 Å². The molecule has 0 saturated heterocycles. The Kier molecular flexibility index (Phi) is 7.19. The number of carbonyl (C=O) groups is 1. The maximum Gasteiger partial charge on any atom is 0.274 e. The summed E-state index contributed by atoms with van der Waals surface area (Å²) in [4.78, 5) is 24.9. The van der Waals surface area contributed by atoms with Crippen LogP contribution in [0.2, 0.25) is 0 Å². The number of carbonyl (C=O) groups excluding carboxylic acids is 1. The lowest BCUT2D eigenvalue weighted by Gasteiger charge is -2.12. The Morgan fingerprint density at radius 2 is 1.80 bits per heavy atom. The predicted octanol–water partition coefficient (Wildman–Crippen LogP) is 2.86. The van der Waals surface area contributed by atoms with Crippen molar-refractivity contribution in [3.63, 3.8) is 0 Å². The quantitative estimate of drug-likeness (QED) is 0.588. The van der Waals surface area contributed by atoms with Crippen molar-refractivity contribution < 1.29 is 14.3 Å². The van der Waals surface area contributed by atoms with Gasteiger partial charge in [0.05, 0.1) is 30.8 Å². The van der Waals surface area contributed by atoms with Crippen LogP contribution in [0.15, 0.2) is 53.3 Å². The van der Waals surface area contributed by atoms with Gasteiger partial charge in [-0.15, -0.1) is 0 Å². The summed E-state index contributed by atoms with van der Waals surface area (Å²) in [6.07, 6.45) is 0. The van der Waals surface area contributed by atoms with Gasteiger partial charge in [-0.05, 0) is 29.7 Å². The van der Waals surface area contributed by atoms with E-state index in [1.165, 1.54) is 10.2 Å². The topological polar surface area (TPSA) is 82.4 Å².